The van der Waals surface area contributed by atoms with E-state index in [2.05, 4.69) is 26.2 Å². The van der Waals surface area contributed by atoms with E-state index in [9.17, 15) is 9.90 Å². The summed E-state index contributed by atoms with van der Waals surface area (Å²) < 4.78 is 0. The lowest BCUT2D eigenvalue weighted by Crippen LogP contribution is -2.52. The van der Waals surface area contributed by atoms with Gasteiger partial charge in [0.15, 0.2) is 5.96 Å². The second-order valence-electron chi connectivity index (χ2n) is 7.56. The van der Waals surface area contributed by atoms with E-state index in [1.165, 1.54) is 5.56 Å². The number of phenols is 1. The van der Waals surface area contributed by atoms with Gasteiger partial charge in [-0.3, -0.25) is 4.79 Å². The molecule has 1 fully saturated rings. The SMILES string of the molecule is CCNC(=NCC(=O)N1CCc2ccccc21)N1CCN(c2ccccc2O)CC1.I. The van der Waals surface area contributed by atoms with Gasteiger partial charge in [0.1, 0.15) is 12.3 Å². The van der Waals surface area contributed by atoms with Crippen LogP contribution in [0.15, 0.2) is 53.5 Å². The summed E-state index contributed by atoms with van der Waals surface area (Å²) in [6.45, 7) is 6.78. The molecule has 0 radical (unpaired) electrons. The smallest absolute Gasteiger partial charge is 0.248 e. The standard InChI is InChI=1S/C23H29N5O2.HI/c1-2-24-23(25-17-22(30)28-12-11-18-7-3-4-8-19(18)28)27-15-13-26(14-16-27)20-9-5-6-10-21(20)29;/h3-10,29H,2,11-17H2,1H3,(H,24,25);1H. The van der Waals surface area contributed by atoms with Gasteiger partial charge in [0.25, 0.3) is 0 Å². The van der Waals surface area contributed by atoms with Crippen molar-refractivity contribution >= 4 is 47.2 Å². The third-order valence-electron chi connectivity index (χ3n) is 5.69. The van der Waals surface area contributed by atoms with Gasteiger partial charge in [-0.1, -0.05) is 30.3 Å². The number of carbonyl (C=O) groups excluding carboxylic acids is 1. The zero-order valence-corrected chi connectivity index (χ0v) is 20.2. The largest absolute Gasteiger partial charge is 0.506 e. The summed E-state index contributed by atoms with van der Waals surface area (Å²) >= 11 is 0. The number of rotatable bonds is 4. The molecule has 0 atom stereocenters. The average Bonchev–Trinajstić information content (AvgIpc) is 3.21. The van der Waals surface area contributed by atoms with Crippen molar-refractivity contribution < 1.29 is 9.90 Å². The van der Waals surface area contributed by atoms with Gasteiger partial charge in [-0.15, -0.1) is 24.0 Å². The first-order chi connectivity index (χ1) is 14.7. The van der Waals surface area contributed by atoms with Crippen molar-refractivity contribution in [3.8, 4) is 5.75 Å². The number of benzene rings is 2. The van der Waals surface area contributed by atoms with Crippen molar-refractivity contribution in [1.29, 1.82) is 0 Å². The summed E-state index contributed by atoms with van der Waals surface area (Å²) in [5, 5.41) is 13.4. The number of anilines is 2. The van der Waals surface area contributed by atoms with Crippen LogP contribution in [0.1, 0.15) is 12.5 Å². The van der Waals surface area contributed by atoms with E-state index in [0.717, 1.165) is 63.0 Å². The maximum atomic E-state index is 12.8. The van der Waals surface area contributed by atoms with Crippen LogP contribution in [0.5, 0.6) is 5.75 Å². The summed E-state index contributed by atoms with van der Waals surface area (Å²) in [4.78, 5) is 23.7. The number of nitrogens with one attached hydrogen (secondary N) is 1. The number of guanidine groups is 1. The predicted octanol–water partition coefficient (Wildman–Crippen LogP) is 2.69. The van der Waals surface area contributed by atoms with Crippen molar-refractivity contribution in [1.82, 2.24) is 10.2 Å². The Bertz CT molecular complexity index is 928. The molecule has 2 heterocycles. The highest BCUT2D eigenvalue weighted by molar-refractivity contribution is 14.0. The molecule has 0 bridgehead atoms. The van der Waals surface area contributed by atoms with Crippen LogP contribution in [-0.2, 0) is 11.2 Å². The number of nitrogens with zero attached hydrogens (tertiary/aromatic N) is 4. The minimum atomic E-state index is 0. The van der Waals surface area contributed by atoms with E-state index in [4.69, 9.17) is 0 Å². The van der Waals surface area contributed by atoms with Crippen LogP contribution in [0, 0.1) is 0 Å². The molecule has 0 aliphatic carbocycles. The number of halogens is 1. The lowest BCUT2D eigenvalue weighted by Gasteiger charge is -2.37. The summed E-state index contributed by atoms with van der Waals surface area (Å²) in [6.07, 6.45) is 0.903. The molecule has 0 saturated carbocycles. The molecule has 1 saturated heterocycles. The van der Waals surface area contributed by atoms with E-state index in [-0.39, 0.29) is 36.4 Å². The molecule has 0 unspecified atom stereocenters. The van der Waals surface area contributed by atoms with Gasteiger partial charge in [-0.25, -0.2) is 4.99 Å². The van der Waals surface area contributed by atoms with Crippen LogP contribution < -0.4 is 15.1 Å². The van der Waals surface area contributed by atoms with Crippen molar-refractivity contribution in [2.24, 2.45) is 4.99 Å². The number of hydrogen-bond donors (Lipinski definition) is 2. The van der Waals surface area contributed by atoms with Crippen LogP contribution in [0.3, 0.4) is 0 Å². The van der Waals surface area contributed by atoms with Crippen LogP contribution >= 0.6 is 24.0 Å². The van der Waals surface area contributed by atoms with Gasteiger partial charge in [0.05, 0.1) is 5.69 Å². The number of fused-ring (bicyclic) bond motifs is 1. The average molecular weight is 535 g/mol. The van der Waals surface area contributed by atoms with Gasteiger partial charge in [0.2, 0.25) is 5.91 Å². The molecule has 2 aromatic rings. The monoisotopic (exact) mass is 535 g/mol. The third kappa shape index (κ3) is 5.23. The predicted molar refractivity (Wildman–Crippen MR) is 136 cm³/mol. The Labute approximate surface area is 200 Å². The maximum absolute atomic E-state index is 12.8. The minimum absolute atomic E-state index is 0. The van der Waals surface area contributed by atoms with Gasteiger partial charge in [-0.05, 0) is 37.1 Å². The molecule has 2 aliphatic rings. The van der Waals surface area contributed by atoms with E-state index < -0.39 is 0 Å². The van der Waals surface area contributed by atoms with E-state index in [1.54, 1.807) is 6.07 Å². The molecule has 4 rings (SSSR count). The van der Waals surface area contributed by atoms with E-state index >= 15 is 0 Å². The van der Waals surface area contributed by atoms with Gasteiger partial charge < -0.3 is 25.1 Å². The third-order valence-corrected chi connectivity index (χ3v) is 5.69. The number of phenolic OH excluding ortho intramolecular Hbond substituents is 1. The van der Waals surface area contributed by atoms with E-state index in [1.807, 2.05) is 48.2 Å². The molecule has 0 spiro atoms. The van der Waals surface area contributed by atoms with Crippen molar-refractivity contribution in [2.75, 3.05) is 55.6 Å². The molecule has 2 aliphatic heterocycles. The molecule has 0 aromatic heterocycles. The van der Waals surface area contributed by atoms with Crippen molar-refractivity contribution in [2.45, 2.75) is 13.3 Å². The zero-order valence-electron chi connectivity index (χ0n) is 17.8. The molecular weight excluding hydrogens is 505 g/mol. The summed E-state index contributed by atoms with van der Waals surface area (Å²) in [6, 6.07) is 15.5. The molecule has 31 heavy (non-hydrogen) atoms. The Morgan fingerprint density at radius 1 is 1.00 bits per heavy atom. The van der Waals surface area contributed by atoms with E-state index in [0.29, 0.717) is 5.75 Å². The van der Waals surface area contributed by atoms with Crippen LogP contribution in [0.25, 0.3) is 0 Å². The van der Waals surface area contributed by atoms with Gasteiger partial charge >= 0.3 is 0 Å². The number of para-hydroxylation sites is 3. The fourth-order valence-corrected chi connectivity index (χ4v) is 4.14. The number of amides is 1. The molecule has 8 heteroatoms. The lowest BCUT2D eigenvalue weighted by molar-refractivity contribution is -0.117. The summed E-state index contributed by atoms with van der Waals surface area (Å²) in [5.74, 6) is 1.11. The van der Waals surface area contributed by atoms with Crippen molar-refractivity contribution in [3.63, 3.8) is 0 Å². The topological polar surface area (TPSA) is 71.4 Å². The highest BCUT2D eigenvalue weighted by Gasteiger charge is 2.25. The molecule has 7 nitrogen and oxygen atoms in total. The van der Waals surface area contributed by atoms with Crippen LogP contribution in [-0.4, -0.2) is 67.7 Å². The zero-order chi connectivity index (χ0) is 20.9. The Morgan fingerprint density at radius 3 is 2.39 bits per heavy atom. The minimum Gasteiger partial charge on any atom is -0.506 e. The lowest BCUT2D eigenvalue weighted by atomic mass is 10.2. The molecule has 166 valence electrons. The van der Waals surface area contributed by atoms with Crippen LogP contribution in [0.4, 0.5) is 11.4 Å². The second kappa shape index (κ2) is 10.7. The maximum Gasteiger partial charge on any atom is 0.248 e. The van der Waals surface area contributed by atoms with Gasteiger partial charge in [-0.2, -0.15) is 0 Å². The Morgan fingerprint density at radius 2 is 1.68 bits per heavy atom. The Balaban J connectivity index is 0.00000272. The van der Waals surface area contributed by atoms with Crippen LogP contribution in [0.2, 0.25) is 0 Å². The fraction of sp³-hybridized carbons (Fsp3) is 0.391. The highest BCUT2D eigenvalue weighted by atomic mass is 127. The first kappa shape index (κ1) is 23.2. The first-order valence-electron chi connectivity index (χ1n) is 10.6. The fourth-order valence-electron chi connectivity index (χ4n) is 4.14. The Kier molecular flexibility index (Phi) is 8.00. The molecule has 2 aromatic carbocycles. The second-order valence-corrected chi connectivity index (χ2v) is 7.56. The Hall–Kier alpha value is -2.49. The number of aromatic hydroxyl groups is 1. The number of piperazine rings is 1. The normalized spacial score (nSPS) is 16.0. The number of carbonyl (C=O) groups is 1. The number of hydrogen-bond acceptors (Lipinski definition) is 4. The van der Waals surface area contributed by atoms with Crippen molar-refractivity contribution in [3.05, 3.63) is 54.1 Å². The molecule has 2 N–H and O–H groups in total. The molecule has 1 amide bonds. The quantitative estimate of drug-likeness (QED) is 0.358. The summed E-state index contributed by atoms with van der Waals surface area (Å²) in [5.41, 5.74) is 3.10. The molecular formula is C23H30IN5O2. The summed E-state index contributed by atoms with van der Waals surface area (Å²) in [7, 11) is 0. The highest BCUT2D eigenvalue weighted by Crippen LogP contribution is 2.28. The number of aliphatic imine (C=N–C) groups is 1. The van der Waals surface area contributed by atoms with Gasteiger partial charge in [0, 0.05) is 45.0 Å². The first-order valence-corrected chi connectivity index (χ1v) is 10.6.